The van der Waals surface area contributed by atoms with E-state index in [2.05, 4.69) is 15.6 Å². The number of nitrogens with one attached hydrogen (secondary N) is 2. The van der Waals surface area contributed by atoms with E-state index in [-0.39, 0.29) is 11.8 Å². The van der Waals surface area contributed by atoms with Crippen LogP contribution in [-0.4, -0.2) is 22.8 Å². The predicted molar refractivity (Wildman–Crippen MR) is 96.4 cm³/mol. The van der Waals surface area contributed by atoms with Crippen LogP contribution in [-0.2, 0) is 4.79 Å². The number of hydrogen-bond acceptors (Lipinski definition) is 4. The number of benzene rings is 2. The highest BCUT2D eigenvalue weighted by Crippen LogP contribution is 2.25. The highest BCUT2D eigenvalue weighted by molar-refractivity contribution is 7.22. The number of amides is 2. The summed E-state index contributed by atoms with van der Waals surface area (Å²) in [7, 11) is 0. The van der Waals surface area contributed by atoms with E-state index in [1.165, 1.54) is 11.3 Å². The fourth-order valence-electron chi connectivity index (χ4n) is 2.27. The second-order valence-corrected chi connectivity index (χ2v) is 6.57. The number of fused-ring (bicyclic) bond motifs is 1. The smallest absolute Gasteiger partial charge is 0.251 e. The minimum absolute atomic E-state index is 0.273. The largest absolute Gasteiger partial charge is 0.341 e. The Hall–Kier alpha value is -2.73. The molecule has 0 fully saturated rings. The molecule has 1 aromatic heterocycles. The predicted octanol–water partition coefficient (Wildman–Crippen LogP) is 3.36. The van der Waals surface area contributed by atoms with Crippen LogP contribution in [0.2, 0.25) is 0 Å². The van der Waals surface area contributed by atoms with E-state index in [0.29, 0.717) is 10.7 Å². The molecule has 0 aliphatic heterocycles. The highest BCUT2D eigenvalue weighted by atomic mass is 32.1. The van der Waals surface area contributed by atoms with Gasteiger partial charge in [0.15, 0.2) is 5.13 Å². The summed E-state index contributed by atoms with van der Waals surface area (Å²) < 4.78 is 1.00. The third kappa shape index (κ3) is 3.60. The number of thiazole rings is 1. The number of anilines is 1. The van der Waals surface area contributed by atoms with E-state index in [4.69, 9.17) is 0 Å². The first-order valence-corrected chi connectivity index (χ1v) is 8.38. The molecular weight excluding hydrogens is 322 g/mol. The average molecular weight is 339 g/mol. The zero-order chi connectivity index (χ0) is 17.1. The lowest BCUT2D eigenvalue weighted by molar-refractivity contribution is -0.117. The van der Waals surface area contributed by atoms with E-state index >= 15 is 0 Å². The van der Waals surface area contributed by atoms with Gasteiger partial charge in [0.1, 0.15) is 6.04 Å². The Kier molecular flexibility index (Phi) is 4.57. The number of rotatable bonds is 4. The van der Waals surface area contributed by atoms with Gasteiger partial charge in [0.05, 0.1) is 10.2 Å². The minimum atomic E-state index is -0.662. The van der Waals surface area contributed by atoms with E-state index in [0.717, 1.165) is 15.8 Å². The first kappa shape index (κ1) is 16.1. The summed E-state index contributed by atoms with van der Waals surface area (Å²) in [6, 6.07) is 14.3. The summed E-state index contributed by atoms with van der Waals surface area (Å²) in [6.07, 6.45) is 0. The third-order valence-corrected chi connectivity index (χ3v) is 4.50. The molecule has 2 aromatic carbocycles. The molecule has 0 aliphatic carbocycles. The molecule has 3 rings (SSSR count). The van der Waals surface area contributed by atoms with Gasteiger partial charge in [0, 0.05) is 5.56 Å². The van der Waals surface area contributed by atoms with Crippen LogP contribution in [0.15, 0.2) is 48.5 Å². The van der Waals surface area contributed by atoms with Gasteiger partial charge in [-0.2, -0.15) is 0 Å². The van der Waals surface area contributed by atoms with Crippen LogP contribution in [0.1, 0.15) is 22.8 Å². The number of para-hydroxylation sites is 1. The zero-order valence-electron chi connectivity index (χ0n) is 13.4. The van der Waals surface area contributed by atoms with Crippen molar-refractivity contribution in [2.75, 3.05) is 5.32 Å². The van der Waals surface area contributed by atoms with Crippen molar-refractivity contribution in [2.45, 2.75) is 19.9 Å². The summed E-state index contributed by atoms with van der Waals surface area (Å²) >= 11 is 1.40. The summed E-state index contributed by atoms with van der Waals surface area (Å²) in [5.74, 6) is -0.569. The lowest BCUT2D eigenvalue weighted by Gasteiger charge is -2.13. The molecule has 2 amide bonds. The third-order valence-electron chi connectivity index (χ3n) is 3.55. The van der Waals surface area contributed by atoms with Crippen LogP contribution >= 0.6 is 11.3 Å². The van der Waals surface area contributed by atoms with Crippen LogP contribution < -0.4 is 10.6 Å². The Labute approximate surface area is 143 Å². The van der Waals surface area contributed by atoms with Gasteiger partial charge in [-0.25, -0.2) is 4.98 Å². The molecule has 0 saturated heterocycles. The maximum absolute atomic E-state index is 12.3. The normalized spacial score (nSPS) is 11.9. The summed E-state index contributed by atoms with van der Waals surface area (Å²) in [6.45, 7) is 3.57. The highest BCUT2D eigenvalue weighted by Gasteiger charge is 2.18. The molecule has 24 heavy (non-hydrogen) atoms. The molecule has 2 N–H and O–H groups in total. The molecule has 0 bridgehead atoms. The van der Waals surface area contributed by atoms with E-state index < -0.39 is 6.04 Å². The first-order valence-electron chi connectivity index (χ1n) is 7.57. The van der Waals surface area contributed by atoms with E-state index in [1.54, 1.807) is 19.1 Å². The molecule has 122 valence electrons. The molecule has 1 atom stereocenters. The maximum Gasteiger partial charge on any atom is 0.251 e. The first-order chi connectivity index (χ1) is 11.5. The minimum Gasteiger partial charge on any atom is -0.341 e. The molecule has 1 heterocycles. The van der Waals surface area contributed by atoms with E-state index in [9.17, 15) is 9.59 Å². The molecule has 5 nitrogen and oxygen atoms in total. The quantitative estimate of drug-likeness (QED) is 0.765. The zero-order valence-corrected chi connectivity index (χ0v) is 14.2. The van der Waals surface area contributed by atoms with Gasteiger partial charge in [0.25, 0.3) is 5.91 Å². The van der Waals surface area contributed by atoms with Gasteiger partial charge in [-0.3, -0.25) is 9.59 Å². The Bertz CT molecular complexity index is 871. The van der Waals surface area contributed by atoms with Gasteiger partial charge in [-0.15, -0.1) is 0 Å². The fourth-order valence-corrected chi connectivity index (χ4v) is 3.14. The Morgan fingerprint density at radius 3 is 2.67 bits per heavy atom. The Morgan fingerprint density at radius 2 is 1.92 bits per heavy atom. The van der Waals surface area contributed by atoms with Crippen LogP contribution in [0.5, 0.6) is 0 Å². The standard InChI is InChI=1S/C18H17N3O2S/c1-11-6-5-7-13(10-11)17(23)19-12(2)16(22)21-18-20-14-8-3-4-9-15(14)24-18/h3-10,12H,1-2H3,(H,19,23)(H,20,21,22)/t12-/m0/s1. The molecule has 3 aromatic rings. The monoisotopic (exact) mass is 339 g/mol. The van der Waals surface area contributed by atoms with Crippen molar-refractivity contribution in [1.82, 2.24) is 10.3 Å². The number of aryl methyl sites for hydroxylation is 1. The van der Waals surface area contributed by atoms with Gasteiger partial charge in [-0.05, 0) is 38.1 Å². The summed E-state index contributed by atoms with van der Waals surface area (Å²) in [5, 5.41) is 5.98. The van der Waals surface area contributed by atoms with Gasteiger partial charge in [-0.1, -0.05) is 41.2 Å². The van der Waals surface area contributed by atoms with Crippen molar-refractivity contribution in [1.29, 1.82) is 0 Å². The lowest BCUT2D eigenvalue weighted by Crippen LogP contribution is -2.41. The number of hydrogen-bond donors (Lipinski definition) is 2. The number of carbonyl (C=O) groups is 2. The number of aromatic nitrogens is 1. The van der Waals surface area contributed by atoms with Crippen LogP contribution in [0, 0.1) is 6.92 Å². The van der Waals surface area contributed by atoms with Crippen LogP contribution in [0.3, 0.4) is 0 Å². The van der Waals surface area contributed by atoms with Crippen LogP contribution in [0.4, 0.5) is 5.13 Å². The van der Waals surface area contributed by atoms with Crippen molar-refractivity contribution in [2.24, 2.45) is 0 Å². The van der Waals surface area contributed by atoms with E-state index in [1.807, 2.05) is 43.3 Å². The van der Waals surface area contributed by atoms with Gasteiger partial charge < -0.3 is 10.6 Å². The molecule has 0 unspecified atom stereocenters. The van der Waals surface area contributed by atoms with Crippen molar-refractivity contribution in [3.8, 4) is 0 Å². The Morgan fingerprint density at radius 1 is 1.12 bits per heavy atom. The molecular formula is C18H17N3O2S. The second-order valence-electron chi connectivity index (χ2n) is 5.54. The second kappa shape index (κ2) is 6.80. The van der Waals surface area contributed by atoms with Crippen molar-refractivity contribution < 1.29 is 9.59 Å². The molecule has 6 heteroatoms. The average Bonchev–Trinajstić information content (AvgIpc) is 2.96. The lowest BCUT2D eigenvalue weighted by atomic mass is 10.1. The summed E-state index contributed by atoms with van der Waals surface area (Å²) in [5.41, 5.74) is 2.37. The van der Waals surface area contributed by atoms with Crippen LogP contribution in [0.25, 0.3) is 10.2 Å². The molecule has 0 aliphatic rings. The van der Waals surface area contributed by atoms with Crippen molar-refractivity contribution in [3.05, 3.63) is 59.7 Å². The van der Waals surface area contributed by atoms with Gasteiger partial charge in [0.2, 0.25) is 5.91 Å². The molecule has 0 radical (unpaired) electrons. The maximum atomic E-state index is 12.3. The Balaban J connectivity index is 1.65. The van der Waals surface area contributed by atoms with Crippen molar-refractivity contribution in [3.63, 3.8) is 0 Å². The SMILES string of the molecule is Cc1cccc(C(=O)N[C@@H](C)C(=O)Nc2nc3ccccc3s2)c1. The van der Waals surface area contributed by atoms with Gasteiger partial charge >= 0.3 is 0 Å². The van der Waals surface area contributed by atoms with Crippen molar-refractivity contribution >= 4 is 38.5 Å². The fraction of sp³-hybridized carbons (Fsp3) is 0.167. The summed E-state index contributed by atoms with van der Waals surface area (Å²) in [4.78, 5) is 28.8. The molecule has 0 saturated carbocycles. The molecule has 0 spiro atoms. The number of carbonyl (C=O) groups excluding carboxylic acids is 2. The topological polar surface area (TPSA) is 71.1 Å². The number of nitrogens with zero attached hydrogens (tertiary/aromatic N) is 1.